The van der Waals surface area contributed by atoms with Crippen LogP contribution < -0.4 is 5.73 Å². The first-order valence-electron chi connectivity index (χ1n) is 9.40. The zero-order valence-corrected chi connectivity index (χ0v) is 16.5. The van der Waals surface area contributed by atoms with Crippen molar-refractivity contribution in [3.05, 3.63) is 29.3 Å². The zero-order valence-electron chi connectivity index (χ0n) is 15.7. The Morgan fingerprint density at radius 2 is 1.62 bits per heavy atom. The van der Waals surface area contributed by atoms with E-state index in [4.69, 9.17) is 5.73 Å². The van der Waals surface area contributed by atoms with Crippen LogP contribution in [-0.4, -0.2) is 55.2 Å². The molecule has 1 aromatic rings. The van der Waals surface area contributed by atoms with Crippen LogP contribution in [0.5, 0.6) is 0 Å². The van der Waals surface area contributed by atoms with Crippen LogP contribution in [0.25, 0.3) is 0 Å². The molecule has 1 amide bonds. The summed E-state index contributed by atoms with van der Waals surface area (Å²) in [5.74, 6) is -0.317. The standard InChI is InChI=1S/C19H29N3O3S/c1-15-6-7-17(14-16(15)2)26(24,25)22-12-8-19(9-13-22,18(20)23)21-10-4-3-5-11-21/h6-7,14H,3-5,8-13H2,1-2H3,(H2,20,23). The van der Waals surface area contributed by atoms with Gasteiger partial charge in [0.2, 0.25) is 15.9 Å². The van der Waals surface area contributed by atoms with Crippen molar-refractivity contribution in [2.24, 2.45) is 5.73 Å². The number of aryl methyl sites for hydroxylation is 2. The Balaban J connectivity index is 1.79. The Bertz CT molecular complexity index is 777. The third-order valence-corrected chi connectivity index (χ3v) is 7.98. The maximum absolute atomic E-state index is 13.0. The molecular weight excluding hydrogens is 350 g/mol. The third-order valence-electron chi connectivity index (χ3n) is 6.09. The lowest BCUT2D eigenvalue weighted by Gasteiger charge is -2.47. The molecule has 2 saturated heterocycles. The van der Waals surface area contributed by atoms with Crippen molar-refractivity contribution in [2.45, 2.75) is 56.4 Å². The molecule has 7 heteroatoms. The molecule has 0 atom stereocenters. The summed E-state index contributed by atoms with van der Waals surface area (Å²) in [6, 6.07) is 5.23. The first-order valence-corrected chi connectivity index (χ1v) is 10.8. The summed E-state index contributed by atoms with van der Waals surface area (Å²) in [5.41, 5.74) is 7.12. The molecule has 0 bridgehead atoms. The molecule has 2 heterocycles. The molecule has 0 aliphatic carbocycles. The largest absolute Gasteiger partial charge is 0.368 e. The van der Waals surface area contributed by atoms with Gasteiger partial charge in [-0.15, -0.1) is 0 Å². The van der Waals surface area contributed by atoms with Crippen LogP contribution in [0, 0.1) is 13.8 Å². The van der Waals surface area contributed by atoms with E-state index < -0.39 is 15.6 Å². The number of benzene rings is 1. The fraction of sp³-hybridized carbons (Fsp3) is 0.632. The SMILES string of the molecule is Cc1ccc(S(=O)(=O)N2CCC(C(N)=O)(N3CCCCC3)CC2)cc1C. The summed E-state index contributed by atoms with van der Waals surface area (Å²) in [6.45, 7) is 6.27. The zero-order chi connectivity index (χ0) is 18.9. The van der Waals surface area contributed by atoms with Gasteiger partial charge in [-0.2, -0.15) is 4.31 Å². The molecule has 6 nitrogen and oxygen atoms in total. The van der Waals surface area contributed by atoms with Gasteiger partial charge in [0.1, 0.15) is 5.54 Å². The van der Waals surface area contributed by atoms with Gasteiger partial charge < -0.3 is 5.73 Å². The summed E-state index contributed by atoms with van der Waals surface area (Å²) >= 11 is 0. The predicted octanol–water partition coefficient (Wildman–Crippen LogP) is 1.80. The number of hydrogen-bond acceptors (Lipinski definition) is 4. The number of carbonyl (C=O) groups excluding carboxylic acids is 1. The summed E-state index contributed by atoms with van der Waals surface area (Å²) in [6.07, 6.45) is 4.25. The summed E-state index contributed by atoms with van der Waals surface area (Å²) in [4.78, 5) is 14.8. The van der Waals surface area contributed by atoms with Gasteiger partial charge in [-0.25, -0.2) is 8.42 Å². The van der Waals surface area contributed by atoms with E-state index in [0.717, 1.165) is 37.1 Å². The monoisotopic (exact) mass is 379 g/mol. The molecule has 2 aliphatic rings. The number of sulfonamides is 1. The van der Waals surface area contributed by atoms with Crippen molar-refractivity contribution in [1.82, 2.24) is 9.21 Å². The van der Waals surface area contributed by atoms with Gasteiger partial charge >= 0.3 is 0 Å². The highest BCUT2D eigenvalue weighted by atomic mass is 32.2. The van der Waals surface area contributed by atoms with Crippen molar-refractivity contribution in [3.8, 4) is 0 Å². The highest BCUT2D eigenvalue weighted by Gasteiger charge is 2.47. The number of hydrogen-bond donors (Lipinski definition) is 1. The van der Waals surface area contributed by atoms with E-state index in [-0.39, 0.29) is 5.91 Å². The van der Waals surface area contributed by atoms with Gasteiger partial charge in [0.25, 0.3) is 0 Å². The van der Waals surface area contributed by atoms with Crippen LogP contribution in [0.2, 0.25) is 0 Å². The third kappa shape index (κ3) is 3.40. The van der Waals surface area contributed by atoms with Gasteiger partial charge in [0.15, 0.2) is 0 Å². The fourth-order valence-corrected chi connectivity index (χ4v) is 5.69. The summed E-state index contributed by atoms with van der Waals surface area (Å²) in [7, 11) is -3.55. The Labute approximate surface area is 156 Å². The molecule has 0 aromatic heterocycles. The molecule has 2 N–H and O–H groups in total. The highest BCUT2D eigenvalue weighted by Crippen LogP contribution is 2.33. The first-order chi connectivity index (χ1) is 12.3. The Morgan fingerprint density at radius 1 is 1.00 bits per heavy atom. The fourth-order valence-electron chi connectivity index (χ4n) is 4.16. The average molecular weight is 380 g/mol. The molecular formula is C19H29N3O3S. The van der Waals surface area contributed by atoms with Gasteiger partial charge in [-0.3, -0.25) is 9.69 Å². The molecule has 144 valence electrons. The van der Waals surface area contributed by atoms with E-state index in [0.29, 0.717) is 30.8 Å². The van der Waals surface area contributed by atoms with Crippen molar-refractivity contribution in [3.63, 3.8) is 0 Å². The number of nitrogens with zero attached hydrogens (tertiary/aromatic N) is 2. The molecule has 2 aliphatic heterocycles. The van der Waals surface area contributed by atoms with Crippen molar-refractivity contribution < 1.29 is 13.2 Å². The molecule has 1 aromatic carbocycles. The maximum atomic E-state index is 13.0. The smallest absolute Gasteiger partial charge is 0.243 e. The van der Waals surface area contributed by atoms with Crippen molar-refractivity contribution >= 4 is 15.9 Å². The molecule has 0 saturated carbocycles. The van der Waals surface area contributed by atoms with Gasteiger partial charge in [0, 0.05) is 13.1 Å². The van der Waals surface area contributed by atoms with Crippen LogP contribution in [0.15, 0.2) is 23.1 Å². The summed E-state index contributed by atoms with van der Waals surface area (Å²) in [5, 5.41) is 0. The lowest BCUT2D eigenvalue weighted by Crippen LogP contribution is -2.63. The van der Waals surface area contributed by atoms with E-state index >= 15 is 0 Å². The molecule has 2 fully saturated rings. The lowest BCUT2D eigenvalue weighted by molar-refractivity contribution is -0.134. The van der Waals surface area contributed by atoms with E-state index in [1.165, 1.54) is 10.7 Å². The number of primary amides is 1. The van der Waals surface area contributed by atoms with Crippen LogP contribution in [-0.2, 0) is 14.8 Å². The topological polar surface area (TPSA) is 83.7 Å². The van der Waals surface area contributed by atoms with Gasteiger partial charge in [-0.05, 0) is 75.9 Å². The Morgan fingerprint density at radius 3 is 2.15 bits per heavy atom. The van der Waals surface area contributed by atoms with Crippen LogP contribution in [0.4, 0.5) is 0 Å². The van der Waals surface area contributed by atoms with Crippen LogP contribution >= 0.6 is 0 Å². The number of piperidine rings is 2. The van der Waals surface area contributed by atoms with E-state index in [9.17, 15) is 13.2 Å². The molecule has 0 spiro atoms. The number of likely N-dealkylation sites (tertiary alicyclic amines) is 1. The average Bonchev–Trinajstić information content (AvgIpc) is 2.64. The van der Waals surface area contributed by atoms with Crippen molar-refractivity contribution in [2.75, 3.05) is 26.2 Å². The Hall–Kier alpha value is -1.44. The summed E-state index contributed by atoms with van der Waals surface area (Å²) < 4.78 is 27.5. The number of rotatable bonds is 4. The number of carbonyl (C=O) groups is 1. The number of amides is 1. The minimum Gasteiger partial charge on any atom is -0.368 e. The second kappa shape index (κ2) is 7.29. The van der Waals surface area contributed by atoms with Crippen LogP contribution in [0.1, 0.15) is 43.2 Å². The first kappa shape index (κ1) is 19.3. The molecule has 0 unspecified atom stereocenters. The predicted molar refractivity (Wildman–Crippen MR) is 101 cm³/mol. The quantitative estimate of drug-likeness (QED) is 0.865. The van der Waals surface area contributed by atoms with Crippen molar-refractivity contribution in [1.29, 1.82) is 0 Å². The molecule has 0 radical (unpaired) electrons. The number of nitrogens with two attached hydrogens (primary N) is 1. The van der Waals surface area contributed by atoms with Crippen LogP contribution in [0.3, 0.4) is 0 Å². The van der Waals surface area contributed by atoms with E-state index in [2.05, 4.69) is 4.90 Å². The highest BCUT2D eigenvalue weighted by molar-refractivity contribution is 7.89. The second-order valence-electron chi connectivity index (χ2n) is 7.59. The lowest BCUT2D eigenvalue weighted by atomic mass is 9.84. The minimum atomic E-state index is -3.55. The normalized spacial score (nSPS) is 22.2. The molecule has 26 heavy (non-hydrogen) atoms. The van der Waals surface area contributed by atoms with Gasteiger partial charge in [-0.1, -0.05) is 12.5 Å². The minimum absolute atomic E-state index is 0.317. The van der Waals surface area contributed by atoms with E-state index in [1.54, 1.807) is 12.1 Å². The maximum Gasteiger partial charge on any atom is 0.243 e. The molecule has 3 rings (SSSR count). The van der Waals surface area contributed by atoms with E-state index in [1.807, 2.05) is 19.9 Å². The Kier molecular flexibility index (Phi) is 5.42. The second-order valence-corrected chi connectivity index (χ2v) is 9.53. The van der Waals surface area contributed by atoms with Gasteiger partial charge in [0.05, 0.1) is 4.90 Å².